The van der Waals surface area contributed by atoms with E-state index >= 15 is 0 Å². The van der Waals surface area contributed by atoms with E-state index in [1.807, 2.05) is 24.3 Å². The Morgan fingerprint density at radius 1 is 1.12 bits per heavy atom. The summed E-state index contributed by atoms with van der Waals surface area (Å²) < 4.78 is 6.23. The normalized spacial score (nSPS) is 20.6. The Labute approximate surface area is 156 Å². The van der Waals surface area contributed by atoms with Crippen LogP contribution in [0.3, 0.4) is 0 Å². The van der Waals surface area contributed by atoms with Gasteiger partial charge in [0.05, 0.1) is 6.10 Å². The number of pyridine rings is 1. The molecule has 1 N–H and O–H groups in total. The topological polar surface area (TPSA) is 45.3 Å². The Morgan fingerprint density at radius 2 is 1.92 bits per heavy atom. The molecular formula is C22H32N2O2. The molecule has 142 valence electrons. The molecule has 4 heteroatoms. The van der Waals surface area contributed by atoms with E-state index in [1.165, 1.54) is 38.6 Å². The molecule has 26 heavy (non-hydrogen) atoms. The van der Waals surface area contributed by atoms with E-state index in [-0.39, 0.29) is 5.56 Å². The largest absolute Gasteiger partial charge is 0.490 e. The van der Waals surface area contributed by atoms with Crippen LogP contribution in [0.4, 0.5) is 0 Å². The molecule has 1 aliphatic carbocycles. The predicted octanol–water partition coefficient (Wildman–Crippen LogP) is 4.73. The number of H-pyrrole nitrogens is 1. The summed E-state index contributed by atoms with van der Waals surface area (Å²) in [5.41, 5.74) is -0.0442. The van der Waals surface area contributed by atoms with Gasteiger partial charge in [0.1, 0.15) is 5.75 Å². The first-order valence-corrected chi connectivity index (χ1v) is 10.2. The van der Waals surface area contributed by atoms with Gasteiger partial charge < -0.3 is 14.6 Å². The van der Waals surface area contributed by atoms with Gasteiger partial charge in [-0.1, -0.05) is 26.7 Å². The molecule has 0 spiro atoms. The van der Waals surface area contributed by atoms with E-state index in [0.29, 0.717) is 17.5 Å². The summed E-state index contributed by atoms with van der Waals surface area (Å²) in [6.07, 6.45) is 10.6. The Kier molecular flexibility index (Phi) is 6.73. The molecule has 1 fully saturated rings. The van der Waals surface area contributed by atoms with Crippen molar-refractivity contribution in [1.29, 1.82) is 0 Å². The van der Waals surface area contributed by atoms with Gasteiger partial charge in [0.2, 0.25) is 0 Å². The molecule has 1 heterocycles. The fourth-order valence-corrected chi connectivity index (χ4v) is 4.13. The second-order valence-corrected chi connectivity index (χ2v) is 7.44. The van der Waals surface area contributed by atoms with Crippen LogP contribution in [-0.4, -0.2) is 35.1 Å². The van der Waals surface area contributed by atoms with Crippen LogP contribution in [0, 0.1) is 0 Å². The lowest BCUT2D eigenvalue weighted by Crippen LogP contribution is -2.40. The van der Waals surface area contributed by atoms with E-state index < -0.39 is 0 Å². The minimum Gasteiger partial charge on any atom is -0.490 e. The summed E-state index contributed by atoms with van der Waals surface area (Å²) in [4.78, 5) is 17.2. The Balaban J connectivity index is 1.54. The second kappa shape index (κ2) is 9.22. The van der Waals surface area contributed by atoms with Crippen molar-refractivity contribution in [3.8, 4) is 5.75 Å². The maximum atomic E-state index is 11.8. The first-order chi connectivity index (χ1) is 12.7. The smallest absolute Gasteiger partial charge is 0.255 e. The minimum atomic E-state index is -0.0442. The van der Waals surface area contributed by atoms with Crippen LogP contribution < -0.4 is 10.3 Å². The Bertz CT molecular complexity index is 747. The molecule has 0 amide bonds. The standard InChI is InChI=1S/C22H32N2O2/c1-3-5-6-15-24(4-2)18-7-9-19(10-8-18)26-20-11-12-21-17(16-20)13-14-23-22(21)25/h11-14,16,18-19H,3-10,15H2,1-2H3,(H,23,25)/t18-,19-. The third-order valence-electron chi connectivity index (χ3n) is 5.66. The third-order valence-corrected chi connectivity index (χ3v) is 5.66. The van der Waals surface area contributed by atoms with Gasteiger partial charge in [-0.3, -0.25) is 4.79 Å². The third kappa shape index (κ3) is 4.67. The number of aromatic amines is 1. The average Bonchev–Trinajstić information content (AvgIpc) is 2.66. The van der Waals surface area contributed by atoms with E-state index in [9.17, 15) is 4.79 Å². The zero-order valence-electron chi connectivity index (χ0n) is 16.2. The number of benzene rings is 1. The van der Waals surface area contributed by atoms with Gasteiger partial charge in [0.15, 0.2) is 0 Å². The van der Waals surface area contributed by atoms with Crippen LogP contribution in [0.2, 0.25) is 0 Å². The second-order valence-electron chi connectivity index (χ2n) is 7.44. The SMILES string of the molecule is CCCCCN(CC)[C@H]1CC[C@H](Oc2ccc3c(=O)[nH]ccc3c2)CC1. The number of nitrogens with one attached hydrogen (secondary N) is 1. The van der Waals surface area contributed by atoms with Crippen molar-refractivity contribution in [3.05, 3.63) is 40.8 Å². The summed E-state index contributed by atoms with van der Waals surface area (Å²) in [5, 5.41) is 1.65. The highest BCUT2D eigenvalue weighted by Gasteiger charge is 2.26. The molecule has 0 bridgehead atoms. The Hall–Kier alpha value is -1.81. The molecule has 1 saturated carbocycles. The molecule has 1 aromatic carbocycles. The number of hydrogen-bond acceptors (Lipinski definition) is 3. The number of nitrogens with zero attached hydrogens (tertiary/aromatic N) is 1. The molecule has 0 radical (unpaired) electrons. The fraction of sp³-hybridized carbons (Fsp3) is 0.591. The molecule has 0 saturated heterocycles. The lowest BCUT2D eigenvalue weighted by molar-refractivity contribution is 0.0897. The Morgan fingerprint density at radius 3 is 2.65 bits per heavy atom. The average molecular weight is 357 g/mol. The lowest BCUT2D eigenvalue weighted by Gasteiger charge is -2.36. The lowest BCUT2D eigenvalue weighted by atomic mass is 9.91. The first kappa shape index (κ1) is 19.0. The number of hydrogen-bond donors (Lipinski definition) is 1. The maximum Gasteiger partial charge on any atom is 0.255 e. The van der Waals surface area contributed by atoms with Crippen molar-refractivity contribution < 1.29 is 4.74 Å². The first-order valence-electron chi connectivity index (χ1n) is 10.2. The summed E-state index contributed by atoms with van der Waals surface area (Å²) in [6.45, 7) is 6.94. The summed E-state index contributed by atoms with van der Waals surface area (Å²) >= 11 is 0. The zero-order valence-corrected chi connectivity index (χ0v) is 16.2. The van der Waals surface area contributed by atoms with Crippen molar-refractivity contribution in [2.75, 3.05) is 13.1 Å². The molecule has 3 rings (SSSR count). The summed E-state index contributed by atoms with van der Waals surface area (Å²) in [7, 11) is 0. The molecule has 4 nitrogen and oxygen atoms in total. The minimum absolute atomic E-state index is 0.0442. The van der Waals surface area contributed by atoms with Gasteiger partial charge in [0.25, 0.3) is 5.56 Å². The van der Waals surface area contributed by atoms with Crippen molar-refractivity contribution in [2.45, 2.75) is 70.9 Å². The number of aromatic nitrogens is 1. The summed E-state index contributed by atoms with van der Waals surface area (Å²) in [6, 6.07) is 8.41. The highest BCUT2D eigenvalue weighted by atomic mass is 16.5. The van der Waals surface area contributed by atoms with Gasteiger partial charge in [-0.2, -0.15) is 0 Å². The molecule has 2 aromatic rings. The molecule has 1 aliphatic rings. The number of ether oxygens (including phenoxy) is 1. The molecule has 1 aromatic heterocycles. The zero-order chi connectivity index (χ0) is 18.4. The monoisotopic (exact) mass is 356 g/mol. The fourth-order valence-electron chi connectivity index (χ4n) is 4.13. The van der Waals surface area contributed by atoms with Gasteiger partial charge >= 0.3 is 0 Å². The van der Waals surface area contributed by atoms with Gasteiger partial charge in [-0.05, 0) is 74.8 Å². The van der Waals surface area contributed by atoms with Crippen molar-refractivity contribution >= 4 is 10.8 Å². The number of rotatable bonds is 8. The van der Waals surface area contributed by atoms with Gasteiger partial charge in [-0.25, -0.2) is 0 Å². The number of fused-ring (bicyclic) bond motifs is 1. The van der Waals surface area contributed by atoms with Crippen molar-refractivity contribution in [3.63, 3.8) is 0 Å². The quantitative estimate of drug-likeness (QED) is 0.696. The molecule has 0 unspecified atom stereocenters. The van der Waals surface area contributed by atoms with E-state index in [0.717, 1.165) is 30.5 Å². The van der Waals surface area contributed by atoms with Crippen LogP contribution in [0.1, 0.15) is 58.8 Å². The van der Waals surface area contributed by atoms with Gasteiger partial charge in [-0.15, -0.1) is 0 Å². The van der Waals surface area contributed by atoms with Crippen LogP contribution in [0.15, 0.2) is 35.3 Å². The predicted molar refractivity (Wildman–Crippen MR) is 108 cm³/mol. The maximum absolute atomic E-state index is 11.8. The van der Waals surface area contributed by atoms with Crippen LogP contribution in [0.5, 0.6) is 5.75 Å². The van der Waals surface area contributed by atoms with Crippen LogP contribution in [0.25, 0.3) is 10.8 Å². The van der Waals surface area contributed by atoms with Crippen LogP contribution >= 0.6 is 0 Å². The van der Waals surface area contributed by atoms with Crippen molar-refractivity contribution in [1.82, 2.24) is 9.88 Å². The van der Waals surface area contributed by atoms with E-state index in [2.05, 4.69) is 23.7 Å². The molecule has 0 aliphatic heterocycles. The molecular weight excluding hydrogens is 324 g/mol. The van der Waals surface area contributed by atoms with Crippen molar-refractivity contribution in [2.24, 2.45) is 0 Å². The summed E-state index contributed by atoms with van der Waals surface area (Å²) in [5.74, 6) is 0.877. The van der Waals surface area contributed by atoms with E-state index in [4.69, 9.17) is 4.74 Å². The van der Waals surface area contributed by atoms with E-state index in [1.54, 1.807) is 6.20 Å². The van der Waals surface area contributed by atoms with Crippen LogP contribution in [-0.2, 0) is 0 Å². The highest BCUT2D eigenvalue weighted by Crippen LogP contribution is 2.28. The van der Waals surface area contributed by atoms with Gasteiger partial charge in [0, 0.05) is 17.6 Å². The molecule has 0 atom stereocenters. The highest BCUT2D eigenvalue weighted by molar-refractivity contribution is 5.82. The number of unbranched alkanes of at least 4 members (excludes halogenated alkanes) is 2.